The summed E-state index contributed by atoms with van der Waals surface area (Å²) in [6.45, 7) is 4.56. The Kier molecular flexibility index (Phi) is 8.29. The first-order chi connectivity index (χ1) is 13.4. The van der Waals surface area contributed by atoms with Crippen molar-refractivity contribution in [1.29, 1.82) is 0 Å². The van der Waals surface area contributed by atoms with E-state index >= 15 is 0 Å². The molecule has 0 radical (unpaired) electrons. The highest BCUT2D eigenvalue weighted by molar-refractivity contribution is 6.31. The zero-order chi connectivity index (χ0) is 20.5. The van der Waals surface area contributed by atoms with Crippen LogP contribution in [-0.2, 0) is 9.59 Å². The van der Waals surface area contributed by atoms with E-state index in [1.807, 2.05) is 44.2 Å². The van der Waals surface area contributed by atoms with E-state index in [2.05, 4.69) is 10.6 Å². The van der Waals surface area contributed by atoms with Crippen LogP contribution in [0.3, 0.4) is 0 Å². The summed E-state index contributed by atoms with van der Waals surface area (Å²) in [7, 11) is 1.55. The Bertz CT molecular complexity index is 813. The number of amides is 2. The van der Waals surface area contributed by atoms with Crippen molar-refractivity contribution >= 4 is 29.1 Å². The highest BCUT2D eigenvalue weighted by Gasteiger charge is 2.17. The first kappa shape index (κ1) is 21.7. The van der Waals surface area contributed by atoms with Crippen LogP contribution in [0.5, 0.6) is 5.75 Å². The van der Waals surface area contributed by atoms with E-state index in [0.717, 1.165) is 5.56 Å². The molecule has 150 valence electrons. The number of nitrogens with zero attached hydrogens (tertiary/aromatic N) is 1. The van der Waals surface area contributed by atoms with E-state index in [9.17, 15) is 9.59 Å². The van der Waals surface area contributed by atoms with Crippen LogP contribution in [0.15, 0.2) is 48.5 Å². The van der Waals surface area contributed by atoms with Gasteiger partial charge >= 0.3 is 0 Å². The summed E-state index contributed by atoms with van der Waals surface area (Å²) in [6.07, 6.45) is 0. The third kappa shape index (κ3) is 6.25. The van der Waals surface area contributed by atoms with Crippen LogP contribution in [0.1, 0.15) is 25.5 Å². The smallest absolute Gasteiger partial charge is 0.238 e. The molecule has 0 spiro atoms. The van der Waals surface area contributed by atoms with Gasteiger partial charge in [-0.15, -0.1) is 0 Å². The molecule has 0 aliphatic carbocycles. The van der Waals surface area contributed by atoms with Crippen molar-refractivity contribution in [2.75, 3.05) is 32.1 Å². The minimum Gasteiger partial charge on any atom is -0.495 e. The molecule has 6 nitrogen and oxygen atoms in total. The zero-order valence-electron chi connectivity index (χ0n) is 16.4. The van der Waals surface area contributed by atoms with Gasteiger partial charge in [-0.2, -0.15) is 0 Å². The molecule has 0 unspecified atom stereocenters. The molecule has 0 saturated carbocycles. The average molecular weight is 404 g/mol. The van der Waals surface area contributed by atoms with Crippen molar-refractivity contribution in [2.45, 2.75) is 19.9 Å². The number of carbonyl (C=O) groups is 2. The third-order valence-electron chi connectivity index (χ3n) is 4.31. The molecule has 7 heteroatoms. The van der Waals surface area contributed by atoms with Gasteiger partial charge in [0.05, 0.1) is 31.9 Å². The molecule has 0 saturated heterocycles. The highest BCUT2D eigenvalue weighted by Crippen LogP contribution is 2.23. The molecular weight excluding hydrogens is 378 g/mol. The van der Waals surface area contributed by atoms with Gasteiger partial charge in [0.15, 0.2) is 0 Å². The molecule has 2 aromatic rings. The number of likely N-dealkylation sites (N-methyl/N-ethyl adjacent to an activating group) is 1. The lowest BCUT2D eigenvalue weighted by Crippen LogP contribution is -2.41. The number of halogens is 1. The second-order valence-electron chi connectivity index (χ2n) is 6.36. The maximum Gasteiger partial charge on any atom is 0.238 e. The highest BCUT2D eigenvalue weighted by atomic mass is 35.5. The lowest BCUT2D eigenvalue weighted by atomic mass is 10.1. The molecule has 0 bridgehead atoms. The fourth-order valence-electron chi connectivity index (χ4n) is 2.81. The van der Waals surface area contributed by atoms with E-state index in [4.69, 9.17) is 16.3 Å². The van der Waals surface area contributed by atoms with Gasteiger partial charge in [-0.3, -0.25) is 14.5 Å². The van der Waals surface area contributed by atoms with Gasteiger partial charge in [0, 0.05) is 5.02 Å². The number of para-hydroxylation sites is 2. The van der Waals surface area contributed by atoms with E-state index in [-0.39, 0.29) is 30.9 Å². The van der Waals surface area contributed by atoms with Crippen LogP contribution < -0.4 is 15.4 Å². The van der Waals surface area contributed by atoms with Gasteiger partial charge in [0.1, 0.15) is 5.75 Å². The average Bonchev–Trinajstić information content (AvgIpc) is 2.68. The molecule has 0 aromatic heterocycles. The Hall–Kier alpha value is -2.57. The molecule has 28 heavy (non-hydrogen) atoms. The van der Waals surface area contributed by atoms with E-state index in [1.165, 1.54) is 0 Å². The fraction of sp³-hybridized carbons (Fsp3) is 0.333. The third-order valence-corrected chi connectivity index (χ3v) is 4.66. The Morgan fingerprint density at radius 2 is 1.71 bits per heavy atom. The summed E-state index contributed by atoms with van der Waals surface area (Å²) >= 11 is 6.18. The van der Waals surface area contributed by atoms with E-state index < -0.39 is 0 Å². The van der Waals surface area contributed by atoms with Crippen molar-refractivity contribution < 1.29 is 14.3 Å². The number of anilines is 1. The fourth-order valence-corrected chi connectivity index (χ4v) is 3.11. The molecule has 0 aliphatic heterocycles. The Morgan fingerprint density at radius 3 is 2.39 bits per heavy atom. The van der Waals surface area contributed by atoms with Crippen molar-refractivity contribution in [3.8, 4) is 5.75 Å². The first-order valence-electron chi connectivity index (χ1n) is 9.13. The van der Waals surface area contributed by atoms with Crippen LogP contribution >= 0.6 is 11.6 Å². The molecule has 2 N–H and O–H groups in total. The number of carbonyl (C=O) groups excluding carboxylic acids is 2. The minimum absolute atomic E-state index is 0.0996. The lowest BCUT2D eigenvalue weighted by molar-refractivity contribution is -0.123. The number of ether oxygens (including phenoxy) is 1. The van der Waals surface area contributed by atoms with Crippen LogP contribution in [0.25, 0.3) is 0 Å². The number of nitrogens with one attached hydrogen (secondary N) is 2. The van der Waals surface area contributed by atoms with Crippen molar-refractivity contribution in [2.24, 2.45) is 0 Å². The summed E-state index contributed by atoms with van der Waals surface area (Å²) in [5, 5.41) is 6.36. The van der Waals surface area contributed by atoms with Gasteiger partial charge in [-0.05, 0) is 37.2 Å². The molecule has 2 rings (SSSR count). The quantitative estimate of drug-likeness (QED) is 0.672. The van der Waals surface area contributed by atoms with Gasteiger partial charge < -0.3 is 15.4 Å². The maximum absolute atomic E-state index is 12.4. The number of benzene rings is 2. The number of rotatable bonds is 9. The summed E-state index contributed by atoms with van der Waals surface area (Å²) < 4.78 is 5.23. The first-order valence-corrected chi connectivity index (χ1v) is 9.51. The molecule has 0 fully saturated rings. The maximum atomic E-state index is 12.4. The van der Waals surface area contributed by atoms with Crippen LogP contribution in [0, 0.1) is 0 Å². The number of hydrogen-bond donors (Lipinski definition) is 2. The predicted octanol–water partition coefficient (Wildman–Crippen LogP) is 3.49. The molecule has 1 atom stereocenters. The van der Waals surface area contributed by atoms with E-state index in [0.29, 0.717) is 23.0 Å². The van der Waals surface area contributed by atoms with Gasteiger partial charge in [0.25, 0.3) is 0 Å². The Balaban J connectivity index is 1.89. The van der Waals surface area contributed by atoms with Crippen LogP contribution in [0.4, 0.5) is 5.69 Å². The number of methoxy groups -OCH3 is 1. The molecule has 0 heterocycles. The van der Waals surface area contributed by atoms with Crippen LogP contribution in [-0.4, -0.2) is 43.5 Å². The Morgan fingerprint density at radius 1 is 1.07 bits per heavy atom. The second kappa shape index (κ2) is 10.7. The lowest BCUT2D eigenvalue weighted by Gasteiger charge is -2.22. The molecule has 2 aromatic carbocycles. The monoisotopic (exact) mass is 403 g/mol. The summed E-state index contributed by atoms with van der Waals surface area (Å²) in [6, 6.07) is 14.4. The minimum atomic E-state index is -0.220. The van der Waals surface area contributed by atoms with Crippen molar-refractivity contribution in [1.82, 2.24) is 10.2 Å². The summed E-state index contributed by atoms with van der Waals surface area (Å²) in [5.41, 5.74) is 1.46. The normalized spacial score (nSPS) is 11.8. The SMILES string of the molecule is CCN(CC(=O)Nc1ccccc1OC)CC(=O)N[C@@H](C)c1ccccc1Cl. The van der Waals surface area contributed by atoms with Gasteiger partial charge in [-0.25, -0.2) is 0 Å². The van der Waals surface area contributed by atoms with Gasteiger partial charge in [-0.1, -0.05) is 48.9 Å². The molecular formula is C21H26ClN3O3. The van der Waals surface area contributed by atoms with Crippen molar-refractivity contribution in [3.05, 3.63) is 59.1 Å². The van der Waals surface area contributed by atoms with Gasteiger partial charge in [0.2, 0.25) is 11.8 Å². The van der Waals surface area contributed by atoms with E-state index in [1.54, 1.807) is 30.2 Å². The summed E-state index contributed by atoms with van der Waals surface area (Å²) in [4.78, 5) is 26.5. The predicted molar refractivity (Wildman–Crippen MR) is 112 cm³/mol. The summed E-state index contributed by atoms with van der Waals surface area (Å²) in [5.74, 6) is 0.211. The molecule has 0 aliphatic rings. The van der Waals surface area contributed by atoms with Crippen LogP contribution in [0.2, 0.25) is 5.02 Å². The second-order valence-corrected chi connectivity index (χ2v) is 6.77. The standard InChI is InChI=1S/C21H26ClN3O3/c1-4-25(14-21(27)24-18-11-7-8-12-19(18)28-3)13-20(26)23-15(2)16-9-5-6-10-17(16)22/h5-12,15H,4,13-14H2,1-3H3,(H,23,26)(H,24,27)/t15-/m0/s1. The topological polar surface area (TPSA) is 70.7 Å². The Labute approximate surface area is 170 Å². The largest absolute Gasteiger partial charge is 0.495 e. The zero-order valence-corrected chi connectivity index (χ0v) is 17.1. The van der Waals surface area contributed by atoms with Crippen molar-refractivity contribution in [3.63, 3.8) is 0 Å². The molecule has 2 amide bonds. The number of hydrogen-bond acceptors (Lipinski definition) is 4.